The molecule has 0 bridgehead atoms. The average molecular weight is 220 g/mol. The highest BCUT2D eigenvalue weighted by molar-refractivity contribution is 5.75. The van der Waals surface area contributed by atoms with E-state index < -0.39 is 5.41 Å². The molecule has 6 heteroatoms. The van der Waals surface area contributed by atoms with Crippen molar-refractivity contribution < 1.29 is 26.9 Å². The fourth-order valence-corrected chi connectivity index (χ4v) is 0.691. The first-order chi connectivity index (χ1) is 6.00. The number of nitrogens with one attached hydrogen (secondary N) is 1. The Morgan fingerprint density at radius 2 is 2.14 bits per heavy atom. The van der Waals surface area contributed by atoms with Crippen molar-refractivity contribution in [2.45, 2.75) is 20.8 Å². The molecule has 1 unspecified atom stereocenters. The lowest BCUT2D eigenvalue weighted by Gasteiger charge is -2.15. The van der Waals surface area contributed by atoms with E-state index in [0.29, 0.717) is 5.01 Å². The number of quaternary nitrogens is 1. The zero-order valence-corrected chi connectivity index (χ0v) is 9.21. The fourth-order valence-electron chi connectivity index (χ4n) is 0.691. The minimum atomic E-state index is -0.458. The number of esters is 1. The van der Waals surface area contributed by atoms with Crippen molar-refractivity contribution >= 4 is 18.6 Å². The molecule has 0 saturated heterocycles. The predicted octanol–water partition coefficient (Wildman–Crippen LogP) is -3.59. The van der Waals surface area contributed by atoms with Gasteiger partial charge in [-0.1, -0.05) is 5.10 Å². The van der Waals surface area contributed by atoms with Gasteiger partial charge in [0.1, 0.15) is 0 Å². The van der Waals surface area contributed by atoms with Gasteiger partial charge >= 0.3 is 5.97 Å². The van der Waals surface area contributed by atoms with Crippen LogP contribution in [0, 0.1) is 5.41 Å². The van der Waals surface area contributed by atoms with Crippen LogP contribution in [-0.4, -0.2) is 25.4 Å². The van der Waals surface area contributed by atoms with E-state index in [1.54, 1.807) is 6.34 Å². The van der Waals surface area contributed by atoms with E-state index >= 15 is 0 Å². The van der Waals surface area contributed by atoms with Crippen LogP contribution in [0.15, 0.2) is 10.1 Å². The molecular weight excluding hydrogens is 206 g/mol. The minimum absolute atomic E-state index is 0. The van der Waals surface area contributed by atoms with Crippen LogP contribution >= 0.6 is 0 Å². The zero-order valence-electron chi connectivity index (χ0n) is 8.45. The van der Waals surface area contributed by atoms with E-state index in [9.17, 15) is 4.79 Å². The Morgan fingerprint density at radius 1 is 1.50 bits per heavy atom. The Morgan fingerprint density at radius 3 is 2.57 bits per heavy atom. The number of nitrogens with zero attached hydrogens (tertiary/aromatic N) is 2. The normalized spacial score (nSPS) is 19.2. The fraction of sp³-hybridized carbons (Fsp3) is 0.625. The first-order valence-corrected chi connectivity index (χ1v) is 4.09. The number of aliphatic imine (C=N–C) groups is 1. The highest BCUT2D eigenvalue weighted by atomic mass is 35.5. The van der Waals surface area contributed by atoms with Crippen LogP contribution in [0.3, 0.4) is 0 Å². The maximum Gasteiger partial charge on any atom is 0.315 e. The number of hydrogen-bond acceptors (Lipinski definition) is 4. The van der Waals surface area contributed by atoms with Crippen LogP contribution in [-0.2, 0) is 9.53 Å². The van der Waals surface area contributed by atoms with E-state index in [1.165, 1.54) is 6.34 Å². The van der Waals surface area contributed by atoms with Gasteiger partial charge in [-0.05, 0) is 20.8 Å². The summed E-state index contributed by atoms with van der Waals surface area (Å²) in [5.74, 6) is -0.226. The Bertz CT molecular complexity index is 246. The summed E-state index contributed by atoms with van der Waals surface area (Å²) in [6.45, 7) is 5.64. The maximum atomic E-state index is 11.3. The van der Waals surface area contributed by atoms with Crippen LogP contribution in [0.4, 0.5) is 0 Å². The lowest BCUT2D eigenvalue weighted by atomic mass is 9.98. The van der Waals surface area contributed by atoms with Crippen molar-refractivity contribution in [1.82, 2.24) is 0 Å². The van der Waals surface area contributed by atoms with E-state index in [-0.39, 0.29) is 25.1 Å². The number of halogens is 1. The summed E-state index contributed by atoms with van der Waals surface area (Å²) in [7, 11) is 0. The van der Waals surface area contributed by atoms with Gasteiger partial charge < -0.3 is 17.1 Å². The largest absolute Gasteiger partial charge is 1.00 e. The van der Waals surface area contributed by atoms with Gasteiger partial charge in [-0.15, -0.1) is 5.01 Å². The second-order valence-electron chi connectivity index (χ2n) is 3.84. The SMILES string of the molecule is CC(C)(C)C(=O)OC[NH+]1C=NC=N1.[Cl-]. The van der Waals surface area contributed by atoms with Crippen molar-refractivity contribution in [3.63, 3.8) is 0 Å². The molecule has 1 aliphatic heterocycles. The van der Waals surface area contributed by atoms with Gasteiger partial charge in [-0.25, -0.2) is 0 Å². The molecule has 1 aliphatic rings. The number of ether oxygens (including phenoxy) is 1. The van der Waals surface area contributed by atoms with E-state index in [4.69, 9.17) is 4.74 Å². The average Bonchev–Trinajstić information content (AvgIpc) is 2.50. The molecule has 0 radical (unpaired) electrons. The standard InChI is InChI=1S/C8H13N3O2.ClH/c1-8(2,3)7(12)13-6-11-5-9-4-10-11;/h4-5H,6H2,1-3H3;1H. The highest BCUT2D eigenvalue weighted by Crippen LogP contribution is 2.14. The molecule has 0 aromatic carbocycles. The van der Waals surface area contributed by atoms with Crippen molar-refractivity contribution in [2.24, 2.45) is 15.5 Å². The summed E-state index contributed by atoms with van der Waals surface area (Å²) in [6.07, 6.45) is 3.01. The predicted molar refractivity (Wildman–Crippen MR) is 48.4 cm³/mol. The van der Waals surface area contributed by atoms with Crippen molar-refractivity contribution in [1.29, 1.82) is 0 Å². The smallest absolute Gasteiger partial charge is 0.315 e. The van der Waals surface area contributed by atoms with Gasteiger partial charge in [-0.2, -0.15) is 4.99 Å². The van der Waals surface area contributed by atoms with E-state index in [0.717, 1.165) is 0 Å². The molecule has 0 spiro atoms. The third kappa shape index (κ3) is 3.85. The lowest BCUT2D eigenvalue weighted by Crippen LogP contribution is -3.05. The van der Waals surface area contributed by atoms with Gasteiger partial charge in [0.25, 0.3) is 6.73 Å². The summed E-state index contributed by atoms with van der Waals surface area (Å²) < 4.78 is 5.01. The number of carbonyl (C=O) groups excluding carboxylic acids is 1. The molecule has 80 valence electrons. The second-order valence-corrected chi connectivity index (χ2v) is 3.84. The minimum Gasteiger partial charge on any atom is -1.00 e. The van der Waals surface area contributed by atoms with Crippen LogP contribution in [0.25, 0.3) is 0 Å². The number of hydrogen-bond donors (Lipinski definition) is 1. The molecule has 1 atom stereocenters. The molecule has 5 nitrogen and oxygen atoms in total. The Hall–Kier alpha value is -0.940. The summed E-state index contributed by atoms with van der Waals surface area (Å²) >= 11 is 0. The second kappa shape index (κ2) is 5.07. The number of rotatable bonds is 2. The van der Waals surface area contributed by atoms with Crippen LogP contribution < -0.4 is 17.4 Å². The monoisotopic (exact) mass is 219 g/mol. The van der Waals surface area contributed by atoms with Crippen molar-refractivity contribution in [2.75, 3.05) is 6.73 Å². The van der Waals surface area contributed by atoms with Gasteiger partial charge in [0.05, 0.1) is 5.41 Å². The van der Waals surface area contributed by atoms with Gasteiger partial charge in [-0.3, -0.25) is 4.79 Å². The van der Waals surface area contributed by atoms with Crippen LogP contribution in [0.2, 0.25) is 0 Å². The molecule has 14 heavy (non-hydrogen) atoms. The summed E-state index contributed by atoms with van der Waals surface area (Å²) in [4.78, 5) is 15.0. The molecule has 0 saturated carbocycles. The topological polar surface area (TPSA) is 55.5 Å². The van der Waals surface area contributed by atoms with E-state index in [1.807, 2.05) is 20.8 Å². The summed E-state index contributed by atoms with van der Waals surface area (Å²) in [5.41, 5.74) is -0.458. The van der Waals surface area contributed by atoms with E-state index in [2.05, 4.69) is 10.1 Å². The van der Waals surface area contributed by atoms with Crippen LogP contribution in [0.5, 0.6) is 0 Å². The third-order valence-corrected chi connectivity index (χ3v) is 1.48. The van der Waals surface area contributed by atoms with Gasteiger partial charge in [0.15, 0.2) is 6.34 Å². The lowest BCUT2D eigenvalue weighted by molar-refractivity contribution is -0.824. The highest BCUT2D eigenvalue weighted by Gasteiger charge is 2.24. The Balaban J connectivity index is 0.00000169. The zero-order chi connectivity index (χ0) is 9.90. The molecule has 0 aliphatic carbocycles. The summed E-state index contributed by atoms with van der Waals surface area (Å²) in [5, 5.41) is 4.56. The number of carbonyl (C=O) groups is 1. The molecule has 1 N–H and O–H groups in total. The van der Waals surface area contributed by atoms with Gasteiger partial charge in [0, 0.05) is 0 Å². The molecule has 1 heterocycles. The molecule has 0 amide bonds. The Labute approximate surface area is 89.2 Å². The summed E-state index contributed by atoms with van der Waals surface area (Å²) in [6, 6.07) is 0. The van der Waals surface area contributed by atoms with Crippen molar-refractivity contribution in [3.8, 4) is 0 Å². The maximum absolute atomic E-state index is 11.3. The molecule has 0 aromatic heterocycles. The first kappa shape index (κ1) is 13.1. The van der Waals surface area contributed by atoms with Gasteiger partial charge in [0.2, 0.25) is 6.34 Å². The molecule has 0 aromatic rings. The molecule has 0 fully saturated rings. The quantitative estimate of drug-likeness (QED) is 0.488. The molecular formula is C8H14ClN3O2. The third-order valence-electron chi connectivity index (χ3n) is 1.48. The Kier molecular flexibility index (Phi) is 4.73. The van der Waals surface area contributed by atoms with Crippen LogP contribution in [0.1, 0.15) is 20.8 Å². The molecule has 1 rings (SSSR count). The first-order valence-electron chi connectivity index (χ1n) is 4.09. The van der Waals surface area contributed by atoms with Crippen molar-refractivity contribution in [3.05, 3.63) is 0 Å².